The second-order valence-electron chi connectivity index (χ2n) is 1.67. The van der Waals surface area contributed by atoms with E-state index in [9.17, 15) is 4.79 Å². The Hall–Kier alpha value is -1.05. The van der Waals surface area contributed by atoms with Gasteiger partial charge in [-0.15, -0.1) is 0 Å². The third-order valence-corrected chi connectivity index (χ3v) is 0.893. The molecule has 2 nitrogen and oxygen atoms in total. The van der Waals surface area contributed by atoms with E-state index < -0.39 is 0 Å². The molecule has 0 aromatic rings. The smallest absolute Gasteiger partial charge is 0.342 e. The molecule has 0 unspecified atom stereocenters. The fourth-order valence-electron chi connectivity index (χ4n) is 0.546. The molecule has 2 heteroatoms. The van der Waals surface area contributed by atoms with Gasteiger partial charge in [0.15, 0.2) is 0 Å². The van der Waals surface area contributed by atoms with Gasteiger partial charge in [0.25, 0.3) is 0 Å². The van der Waals surface area contributed by atoms with E-state index in [0.29, 0.717) is 11.3 Å². The van der Waals surface area contributed by atoms with Crippen molar-refractivity contribution in [3.63, 3.8) is 0 Å². The van der Waals surface area contributed by atoms with Gasteiger partial charge in [-0.3, -0.25) is 0 Å². The first-order chi connectivity index (χ1) is 3.70. The molecule has 42 valence electrons. The van der Waals surface area contributed by atoms with Crippen molar-refractivity contribution in [3.05, 3.63) is 24.0 Å². The molecule has 0 saturated heterocycles. The van der Waals surface area contributed by atoms with Crippen LogP contribution in [0.1, 0.15) is 6.92 Å². The molecule has 0 radical (unpaired) electrons. The van der Waals surface area contributed by atoms with E-state index in [1.807, 2.05) is 0 Å². The number of rotatable bonds is 0. The Bertz CT molecular complexity index is 177. The molecule has 0 aliphatic carbocycles. The predicted molar refractivity (Wildman–Crippen MR) is 29.0 cm³/mol. The summed E-state index contributed by atoms with van der Waals surface area (Å²) in [5, 5.41) is 0. The van der Waals surface area contributed by atoms with Crippen LogP contribution in [-0.4, -0.2) is 5.97 Å². The number of hydrogen-bond donors (Lipinski definition) is 0. The number of hydrogen-bond acceptors (Lipinski definition) is 2. The third-order valence-electron chi connectivity index (χ3n) is 0.893. The van der Waals surface area contributed by atoms with Gasteiger partial charge >= 0.3 is 5.97 Å². The zero-order chi connectivity index (χ0) is 6.15. The van der Waals surface area contributed by atoms with Gasteiger partial charge in [0, 0.05) is 0 Å². The molecule has 0 spiro atoms. The van der Waals surface area contributed by atoms with Crippen LogP contribution in [0.25, 0.3) is 0 Å². The summed E-state index contributed by atoms with van der Waals surface area (Å²) in [6, 6.07) is 0. The lowest BCUT2D eigenvalue weighted by Gasteiger charge is -1.88. The van der Waals surface area contributed by atoms with Gasteiger partial charge < -0.3 is 4.74 Å². The van der Waals surface area contributed by atoms with Crippen molar-refractivity contribution in [1.29, 1.82) is 0 Å². The SMILES string of the molecule is C=C1C=C(C)OC1=O. The fraction of sp³-hybridized carbons (Fsp3) is 0.167. The van der Waals surface area contributed by atoms with Crippen LogP contribution < -0.4 is 0 Å². The molecular formula is C6H6O2. The van der Waals surface area contributed by atoms with E-state index in [-0.39, 0.29) is 5.97 Å². The van der Waals surface area contributed by atoms with Gasteiger partial charge in [-0.2, -0.15) is 0 Å². The van der Waals surface area contributed by atoms with Crippen molar-refractivity contribution >= 4 is 5.97 Å². The molecule has 0 saturated carbocycles. The Morgan fingerprint density at radius 3 is 2.50 bits per heavy atom. The first-order valence-electron chi connectivity index (χ1n) is 2.29. The number of cyclic esters (lactones) is 1. The van der Waals surface area contributed by atoms with E-state index in [2.05, 4.69) is 11.3 Å². The van der Waals surface area contributed by atoms with Crippen LogP contribution in [0, 0.1) is 0 Å². The van der Waals surface area contributed by atoms with Crippen LogP contribution in [0.5, 0.6) is 0 Å². The van der Waals surface area contributed by atoms with Gasteiger partial charge in [0.1, 0.15) is 5.76 Å². The second kappa shape index (κ2) is 1.47. The molecule has 0 bridgehead atoms. The van der Waals surface area contributed by atoms with E-state index in [1.165, 1.54) is 0 Å². The fourth-order valence-corrected chi connectivity index (χ4v) is 0.546. The van der Waals surface area contributed by atoms with Gasteiger partial charge in [-0.25, -0.2) is 4.79 Å². The summed E-state index contributed by atoms with van der Waals surface area (Å²) in [5.41, 5.74) is 0.433. The Morgan fingerprint density at radius 1 is 1.75 bits per heavy atom. The number of ether oxygens (including phenoxy) is 1. The van der Waals surface area contributed by atoms with Crippen LogP contribution >= 0.6 is 0 Å². The van der Waals surface area contributed by atoms with Gasteiger partial charge in [-0.1, -0.05) is 6.58 Å². The minimum Gasteiger partial charge on any atom is -0.428 e. The maximum absolute atomic E-state index is 10.4. The molecule has 0 N–H and O–H groups in total. The minimum absolute atomic E-state index is 0.331. The van der Waals surface area contributed by atoms with Gasteiger partial charge in [-0.05, 0) is 13.0 Å². The summed E-state index contributed by atoms with van der Waals surface area (Å²) in [5.74, 6) is 0.294. The van der Waals surface area contributed by atoms with E-state index in [4.69, 9.17) is 0 Å². The lowest BCUT2D eigenvalue weighted by Crippen LogP contribution is -1.93. The molecule has 0 atom stereocenters. The van der Waals surface area contributed by atoms with Crippen molar-refractivity contribution in [2.24, 2.45) is 0 Å². The van der Waals surface area contributed by atoms with E-state index in [0.717, 1.165) is 0 Å². The predicted octanol–water partition coefficient (Wildman–Crippen LogP) is 1.00. The molecule has 1 heterocycles. The highest BCUT2D eigenvalue weighted by molar-refractivity contribution is 5.94. The highest BCUT2D eigenvalue weighted by Gasteiger charge is 2.13. The second-order valence-corrected chi connectivity index (χ2v) is 1.67. The molecular weight excluding hydrogens is 104 g/mol. The average molecular weight is 110 g/mol. The monoisotopic (exact) mass is 110 g/mol. The average Bonchev–Trinajstić information content (AvgIpc) is 1.85. The lowest BCUT2D eigenvalue weighted by atomic mass is 10.3. The van der Waals surface area contributed by atoms with Gasteiger partial charge in [0.05, 0.1) is 5.57 Å². The van der Waals surface area contributed by atoms with Crippen molar-refractivity contribution < 1.29 is 9.53 Å². The first kappa shape index (κ1) is 5.09. The number of carbonyl (C=O) groups is 1. The minimum atomic E-state index is -0.331. The van der Waals surface area contributed by atoms with E-state index in [1.54, 1.807) is 13.0 Å². The molecule has 0 fully saturated rings. The van der Waals surface area contributed by atoms with Crippen LogP contribution in [0.3, 0.4) is 0 Å². The van der Waals surface area contributed by atoms with Crippen LogP contribution in [0.4, 0.5) is 0 Å². The number of esters is 1. The summed E-state index contributed by atoms with van der Waals surface area (Å²) < 4.78 is 4.60. The zero-order valence-electron chi connectivity index (χ0n) is 4.60. The molecule has 0 aromatic carbocycles. The summed E-state index contributed by atoms with van der Waals surface area (Å²) >= 11 is 0. The molecule has 1 aliphatic rings. The first-order valence-corrected chi connectivity index (χ1v) is 2.29. The maximum Gasteiger partial charge on any atom is 0.342 e. The Morgan fingerprint density at radius 2 is 2.38 bits per heavy atom. The standard InChI is InChI=1S/C6H6O2/c1-4-3-5(2)8-6(4)7/h3H,1H2,2H3. The van der Waals surface area contributed by atoms with Crippen molar-refractivity contribution in [1.82, 2.24) is 0 Å². The Balaban J connectivity index is 2.85. The number of carbonyl (C=O) groups excluding carboxylic acids is 1. The summed E-state index contributed by atoms with van der Waals surface area (Å²) in [4.78, 5) is 10.4. The quantitative estimate of drug-likeness (QED) is 0.343. The number of allylic oxidation sites excluding steroid dienone is 1. The molecule has 1 aliphatic heterocycles. The van der Waals surface area contributed by atoms with Crippen molar-refractivity contribution in [2.45, 2.75) is 6.92 Å². The van der Waals surface area contributed by atoms with Crippen LogP contribution in [0.15, 0.2) is 24.0 Å². The highest BCUT2D eigenvalue weighted by Crippen LogP contribution is 2.12. The van der Waals surface area contributed by atoms with Gasteiger partial charge in [0.2, 0.25) is 0 Å². The van der Waals surface area contributed by atoms with Crippen LogP contribution in [0.2, 0.25) is 0 Å². The lowest BCUT2D eigenvalue weighted by molar-refractivity contribution is -0.133. The zero-order valence-corrected chi connectivity index (χ0v) is 4.60. The topological polar surface area (TPSA) is 26.3 Å². The third kappa shape index (κ3) is 0.644. The molecule has 1 rings (SSSR count). The normalized spacial score (nSPS) is 18.4. The Kier molecular flexibility index (Phi) is 0.938. The van der Waals surface area contributed by atoms with Crippen molar-refractivity contribution in [2.75, 3.05) is 0 Å². The van der Waals surface area contributed by atoms with Crippen LogP contribution in [-0.2, 0) is 9.53 Å². The largest absolute Gasteiger partial charge is 0.428 e. The maximum atomic E-state index is 10.4. The Labute approximate surface area is 47.5 Å². The van der Waals surface area contributed by atoms with Crippen molar-refractivity contribution in [3.8, 4) is 0 Å². The summed E-state index contributed by atoms with van der Waals surface area (Å²) in [6.45, 7) is 5.15. The molecule has 0 aromatic heterocycles. The molecule has 8 heavy (non-hydrogen) atoms. The summed E-state index contributed by atoms with van der Waals surface area (Å²) in [6.07, 6.45) is 1.61. The van der Waals surface area contributed by atoms with E-state index >= 15 is 0 Å². The highest BCUT2D eigenvalue weighted by atomic mass is 16.5. The molecule has 0 amide bonds. The summed E-state index contributed by atoms with van der Waals surface area (Å²) in [7, 11) is 0.